The van der Waals surface area contributed by atoms with E-state index in [9.17, 15) is 4.79 Å². The highest BCUT2D eigenvalue weighted by molar-refractivity contribution is 6.34. The van der Waals surface area contributed by atoms with Crippen LogP contribution in [0.15, 0.2) is 60.8 Å². The van der Waals surface area contributed by atoms with Gasteiger partial charge in [0.2, 0.25) is 0 Å². The van der Waals surface area contributed by atoms with Gasteiger partial charge in [-0.1, -0.05) is 53.5 Å². The largest absolute Gasteiger partial charge is 0.375 e. The van der Waals surface area contributed by atoms with Gasteiger partial charge in [0.25, 0.3) is 0 Å². The SMILES string of the molecule is O=C(/C=C/N1CCN(Cc2ccccc2Cl)CC1)c1ccccc1Cl. The van der Waals surface area contributed by atoms with Gasteiger partial charge < -0.3 is 4.90 Å². The summed E-state index contributed by atoms with van der Waals surface area (Å²) in [4.78, 5) is 16.8. The predicted octanol–water partition coefficient (Wildman–Crippen LogP) is 4.51. The Kier molecular flexibility index (Phi) is 6.14. The summed E-state index contributed by atoms with van der Waals surface area (Å²) in [5.41, 5.74) is 1.69. The van der Waals surface area contributed by atoms with E-state index < -0.39 is 0 Å². The number of hydrogen-bond donors (Lipinski definition) is 0. The second-order valence-electron chi connectivity index (χ2n) is 6.06. The van der Waals surface area contributed by atoms with E-state index in [1.54, 1.807) is 18.2 Å². The van der Waals surface area contributed by atoms with E-state index in [0.717, 1.165) is 43.3 Å². The van der Waals surface area contributed by atoms with Crippen LogP contribution in [0.1, 0.15) is 15.9 Å². The molecule has 0 spiro atoms. The van der Waals surface area contributed by atoms with Crippen molar-refractivity contribution in [2.45, 2.75) is 6.54 Å². The molecule has 3 rings (SSSR count). The Morgan fingerprint density at radius 2 is 1.56 bits per heavy atom. The van der Waals surface area contributed by atoms with Crippen molar-refractivity contribution in [2.75, 3.05) is 26.2 Å². The number of halogens is 2. The topological polar surface area (TPSA) is 23.6 Å². The molecule has 130 valence electrons. The van der Waals surface area contributed by atoms with E-state index in [4.69, 9.17) is 23.2 Å². The Balaban J connectivity index is 1.52. The number of rotatable bonds is 5. The summed E-state index contributed by atoms with van der Waals surface area (Å²) in [6, 6.07) is 15.1. The van der Waals surface area contributed by atoms with Crippen molar-refractivity contribution in [3.63, 3.8) is 0 Å². The second-order valence-corrected chi connectivity index (χ2v) is 6.88. The molecule has 0 N–H and O–H groups in total. The maximum Gasteiger partial charge on any atom is 0.188 e. The third-order valence-corrected chi connectivity index (χ3v) is 5.03. The summed E-state index contributed by atoms with van der Waals surface area (Å²) in [5.74, 6) is -0.0657. The van der Waals surface area contributed by atoms with Crippen molar-refractivity contribution in [3.8, 4) is 0 Å². The number of nitrogens with zero attached hydrogens (tertiary/aromatic N) is 2. The number of carbonyl (C=O) groups excluding carboxylic acids is 1. The lowest BCUT2D eigenvalue weighted by molar-refractivity contribution is 0.104. The molecule has 0 unspecified atom stereocenters. The van der Waals surface area contributed by atoms with Crippen molar-refractivity contribution >= 4 is 29.0 Å². The van der Waals surface area contributed by atoms with E-state index >= 15 is 0 Å². The first kappa shape index (κ1) is 18.0. The quantitative estimate of drug-likeness (QED) is 0.568. The molecule has 1 fully saturated rings. The molecule has 2 aromatic carbocycles. The summed E-state index contributed by atoms with van der Waals surface area (Å²) in [6.07, 6.45) is 3.48. The third-order valence-electron chi connectivity index (χ3n) is 4.33. The average molecular weight is 375 g/mol. The Bertz CT molecular complexity index is 768. The molecule has 1 heterocycles. The molecule has 0 radical (unpaired) electrons. The molecule has 3 nitrogen and oxygen atoms in total. The number of allylic oxidation sites excluding steroid dienone is 1. The van der Waals surface area contributed by atoms with Crippen LogP contribution in [-0.4, -0.2) is 41.8 Å². The zero-order chi connectivity index (χ0) is 17.6. The maximum absolute atomic E-state index is 12.2. The van der Waals surface area contributed by atoms with E-state index in [-0.39, 0.29) is 5.78 Å². The van der Waals surface area contributed by atoms with Crippen LogP contribution in [0.5, 0.6) is 0 Å². The fraction of sp³-hybridized carbons (Fsp3) is 0.250. The molecule has 2 aromatic rings. The van der Waals surface area contributed by atoms with Crippen molar-refractivity contribution in [2.24, 2.45) is 0 Å². The summed E-state index contributed by atoms with van der Waals surface area (Å²) < 4.78 is 0. The minimum Gasteiger partial charge on any atom is -0.375 e. The van der Waals surface area contributed by atoms with Gasteiger partial charge in [0.15, 0.2) is 5.78 Å². The van der Waals surface area contributed by atoms with Crippen LogP contribution in [-0.2, 0) is 6.54 Å². The van der Waals surface area contributed by atoms with Gasteiger partial charge in [0.05, 0.1) is 5.02 Å². The van der Waals surface area contributed by atoms with Gasteiger partial charge in [-0.25, -0.2) is 0 Å². The lowest BCUT2D eigenvalue weighted by Gasteiger charge is -2.34. The molecule has 1 aliphatic heterocycles. The smallest absolute Gasteiger partial charge is 0.188 e. The molecule has 0 saturated carbocycles. The number of hydrogen-bond acceptors (Lipinski definition) is 3. The summed E-state index contributed by atoms with van der Waals surface area (Å²) in [5, 5.41) is 1.30. The minimum atomic E-state index is -0.0657. The van der Waals surface area contributed by atoms with Gasteiger partial charge in [-0.2, -0.15) is 0 Å². The van der Waals surface area contributed by atoms with Crippen molar-refractivity contribution < 1.29 is 4.79 Å². The number of piperazine rings is 1. The normalized spacial score (nSPS) is 15.7. The van der Waals surface area contributed by atoms with Crippen LogP contribution in [0.3, 0.4) is 0 Å². The molecule has 0 amide bonds. The molecule has 25 heavy (non-hydrogen) atoms. The van der Waals surface area contributed by atoms with Gasteiger partial charge in [-0.15, -0.1) is 0 Å². The molecule has 5 heteroatoms. The van der Waals surface area contributed by atoms with Crippen LogP contribution in [0.4, 0.5) is 0 Å². The maximum atomic E-state index is 12.2. The van der Waals surface area contributed by atoms with Gasteiger partial charge >= 0.3 is 0 Å². The highest BCUT2D eigenvalue weighted by Gasteiger charge is 2.16. The first-order chi connectivity index (χ1) is 12.1. The predicted molar refractivity (Wildman–Crippen MR) is 103 cm³/mol. The van der Waals surface area contributed by atoms with Crippen LogP contribution < -0.4 is 0 Å². The lowest BCUT2D eigenvalue weighted by atomic mass is 10.1. The Morgan fingerprint density at radius 3 is 2.24 bits per heavy atom. The molecule has 1 saturated heterocycles. The first-order valence-electron chi connectivity index (χ1n) is 8.30. The standard InChI is InChI=1S/C20H20Cl2N2O/c21-18-7-3-1-5-16(18)15-24-13-11-23(12-14-24)10-9-20(25)17-6-2-4-8-19(17)22/h1-10H,11-15H2/b10-9+. The molecule has 0 aliphatic carbocycles. The third kappa shape index (κ3) is 4.85. The second kappa shape index (κ2) is 8.52. The minimum absolute atomic E-state index is 0.0657. The first-order valence-corrected chi connectivity index (χ1v) is 9.06. The van der Waals surface area contributed by atoms with Crippen LogP contribution in [0.25, 0.3) is 0 Å². The summed E-state index contributed by atoms with van der Waals surface area (Å²) in [7, 11) is 0. The Hall–Kier alpha value is -1.81. The fourth-order valence-electron chi connectivity index (χ4n) is 2.86. The zero-order valence-electron chi connectivity index (χ0n) is 13.9. The Labute approximate surface area is 158 Å². The van der Waals surface area contributed by atoms with Gasteiger partial charge in [-0.05, 0) is 23.8 Å². The number of benzene rings is 2. The highest BCUT2D eigenvalue weighted by atomic mass is 35.5. The van der Waals surface area contributed by atoms with E-state index in [1.165, 1.54) is 0 Å². The molecule has 0 atom stereocenters. The molecule has 0 aromatic heterocycles. The van der Waals surface area contributed by atoms with Gasteiger partial charge in [0.1, 0.15) is 0 Å². The Morgan fingerprint density at radius 1 is 0.920 bits per heavy atom. The van der Waals surface area contributed by atoms with Crippen molar-refractivity contribution in [1.82, 2.24) is 9.80 Å². The van der Waals surface area contributed by atoms with Crippen LogP contribution in [0, 0.1) is 0 Å². The highest BCUT2D eigenvalue weighted by Crippen LogP contribution is 2.18. The number of ketones is 1. The number of carbonyl (C=O) groups is 1. The van der Waals surface area contributed by atoms with Crippen molar-refractivity contribution in [1.29, 1.82) is 0 Å². The van der Waals surface area contributed by atoms with E-state index in [0.29, 0.717) is 10.6 Å². The fourth-order valence-corrected chi connectivity index (χ4v) is 3.29. The summed E-state index contributed by atoms with van der Waals surface area (Å²) >= 11 is 12.3. The van der Waals surface area contributed by atoms with Gasteiger partial charge in [-0.3, -0.25) is 9.69 Å². The average Bonchev–Trinajstić information content (AvgIpc) is 2.63. The van der Waals surface area contributed by atoms with Crippen molar-refractivity contribution in [3.05, 3.63) is 82.0 Å². The molecular formula is C20H20Cl2N2O. The van der Waals surface area contributed by atoms with E-state index in [2.05, 4.69) is 15.9 Å². The molecular weight excluding hydrogens is 355 g/mol. The monoisotopic (exact) mass is 374 g/mol. The molecule has 1 aliphatic rings. The van der Waals surface area contributed by atoms with Gasteiger partial charge in [0, 0.05) is 55.6 Å². The summed E-state index contributed by atoms with van der Waals surface area (Å²) in [6.45, 7) is 4.51. The molecule has 0 bridgehead atoms. The van der Waals surface area contributed by atoms with E-state index in [1.807, 2.05) is 36.5 Å². The van der Waals surface area contributed by atoms with Crippen LogP contribution in [0.2, 0.25) is 10.0 Å². The zero-order valence-corrected chi connectivity index (χ0v) is 15.4. The van der Waals surface area contributed by atoms with Crippen LogP contribution >= 0.6 is 23.2 Å². The lowest BCUT2D eigenvalue weighted by Crippen LogP contribution is -2.43.